The monoisotopic (exact) mass is 292 g/mol. The van der Waals surface area contributed by atoms with Crippen LogP contribution in [0.5, 0.6) is 0 Å². The molecule has 116 valence electrons. The molecule has 0 radical (unpaired) electrons. The average molecular weight is 292 g/mol. The predicted molar refractivity (Wildman–Crippen MR) is 84.4 cm³/mol. The van der Waals surface area contributed by atoms with Crippen molar-refractivity contribution in [2.75, 3.05) is 23.7 Å². The van der Waals surface area contributed by atoms with Crippen LogP contribution >= 0.6 is 0 Å². The first-order chi connectivity index (χ1) is 9.91. The summed E-state index contributed by atoms with van der Waals surface area (Å²) in [6, 6.07) is 0. The van der Waals surface area contributed by atoms with Crippen molar-refractivity contribution in [1.82, 2.24) is 19.9 Å². The minimum absolute atomic E-state index is 0.419. The molecule has 0 aliphatic rings. The van der Waals surface area contributed by atoms with Crippen LogP contribution in [-0.4, -0.2) is 43.7 Å². The van der Waals surface area contributed by atoms with Crippen molar-refractivity contribution in [1.29, 1.82) is 0 Å². The van der Waals surface area contributed by atoms with Gasteiger partial charge in [-0.25, -0.2) is 4.98 Å². The number of aliphatic hydroxyl groups is 1. The number of hydrogen-bond donors (Lipinski definition) is 4. The summed E-state index contributed by atoms with van der Waals surface area (Å²) < 4.78 is 0. The molecule has 2 rings (SSSR count). The molecular weight excluding hydrogens is 268 g/mol. The van der Waals surface area contributed by atoms with Gasteiger partial charge in [0, 0.05) is 13.1 Å². The van der Waals surface area contributed by atoms with Crippen LogP contribution in [-0.2, 0) is 0 Å². The Hall–Kier alpha value is -1.89. The molecule has 2 aromatic heterocycles. The molecule has 21 heavy (non-hydrogen) atoms. The van der Waals surface area contributed by atoms with E-state index in [2.05, 4.69) is 44.4 Å². The van der Waals surface area contributed by atoms with Gasteiger partial charge in [0.05, 0.1) is 11.9 Å². The summed E-state index contributed by atoms with van der Waals surface area (Å²) in [7, 11) is 0. The number of fused-ring (bicyclic) bond motifs is 1. The van der Waals surface area contributed by atoms with Crippen LogP contribution < -0.4 is 10.6 Å². The van der Waals surface area contributed by atoms with Gasteiger partial charge in [-0.3, -0.25) is 0 Å². The first-order valence-corrected chi connectivity index (χ1v) is 7.32. The summed E-state index contributed by atoms with van der Waals surface area (Å²) in [6.07, 6.45) is 2.31. The Morgan fingerprint density at radius 3 is 2.76 bits per heavy atom. The highest BCUT2D eigenvalue weighted by Gasteiger charge is 2.22. The van der Waals surface area contributed by atoms with Crippen LogP contribution in [0.25, 0.3) is 11.2 Å². The van der Waals surface area contributed by atoms with Crippen molar-refractivity contribution >= 4 is 22.9 Å². The van der Waals surface area contributed by atoms with Crippen LogP contribution in [0.15, 0.2) is 6.33 Å². The molecule has 0 saturated carbocycles. The fraction of sp³-hybridized carbons (Fsp3) is 0.643. The summed E-state index contributed by atoms with van der Waals surface area (Å²) >= 11 is 0. The molecule has 4 N–H and O–H groups in total. The maximum absolute atomic E-state index is 10.4. The number of rotatable bonds is 7. The smallest absolute Gasteiger partial charge is 0.226 e. The minimum atomic E-state index is -0.788. The molecule has 0 aliphatic heterocycles. The number of hydrogen-bond acceptors (Lipinski definition) is 6. The van der Waals surface area contributed by atoms with E-state index in [9.17, 15) is 5.11 Å². The van der Waals surface area contributed by atoms with Gasteiger partial charge in [-0.1, -0.05) is 13.8 Å². The number of nitrogens with one attached hydrogen (secondary N) is 3. The molecule has 2 aromatic rings. The second-order valence-corrected chi connectivity index (χ2v) is 5.98. The Bertz CT molecular complexity index is 592. The van der Waals surface area contributed by atoms with Crippen molar-refractivity contribution in [3.05, 3.63) is 6.33 Å². The Labute approximate surface area is 124 Å². The molecule has 0 aliphatic carbocycles. The number of anilines is 2. The molecule has 0 bridgehead atoms. The van der Waals surface area contributed by atoms with Crippen LogP contribution in [0.3, 0.4) is 0 Å². The van der Waals surface area contributed by atoms with Gasteiger partial charge in [-0.15, -0.1) is 0 Å². The molecule has 1 atom stereocenters. The van der Waals surface area contributed by atoms with Crippen molar-refractivity contribution in [2.24, 2.45) is 5.92 Å². The highest BCUT2D eigenvalue weighted by Crippen LogP contribution is 2.21. The zero-order valence-corrected chi connectivity index (χ0v) is 13.1. The van der Waals surface area contributed by atoms with E-state index >= 15 is 0 Å². The topological polar surface area (TPSA) is 98.8 Å². The molecule has 7 nitrogen and oxygen atoms in total. The van der Waals surface area contributed by atoms with E-state index in [1.807, 2.05) is 13.8 Å². The molecule has 0 fully saturated rings. The maximum atomic E-state index is 10.4. The highest BCUT2D eigenvalue weighted by molar-refractivity contribution is 5.83. The number of nitrogens with zero attached hydrogens (tertiary/aromatic N) is 3. The third-order valence-corrected chi connectivity index (χ3v) is 3.11. The lowest BCUT2D eigenvalue weighted by Crippen LogP contribution is -2.35. The van der Waals surface area contributed by atoms with E-state index in [0.717, 1.165) is 18.5 Å². The normalized spacial score (nSPS) is 14.4. The van der Waals surface area contributed by atoms with Gasteiger partial charge in [0.25, 0.3) is 0 Å². The molecule has 1 unspecified atom stereocenters. The standard InChI is InChI=1S/C14H24N6O/c1-5-15-13-19-11(10-12(20-13)18-8-17-10)16-7-14(4,21)6-9(2)3/h8-9,21H,5-7H2,1-4H3,(H3,15,16,17,18,19,20). The van der Waals surface area contributed by atoms with Crippen molar-refractivity contribution < 1.29 is 5.11 Å². The SMILES string of the molecule is CCNc1nc(NCC(C)(O)CC(C)C)c2[nH]cnc2n1. The van der Waals surface area contributed by atoms with Gasteiger partial charge in [0.1, 0.15) is 5.52 Å². The Kier molecular flexibility index (Phi) is 4.62. The Morgan fingerprint density at radius 1 is 1.33 bits per heavy atom. The summed E-state index contributed by atoms with van der Waals surface area (Å²) in [5, 5.41) is 16.7. The fourth-order valence-electron chi connectivity index (χ4n) is 2.42. The van der Waals surface area contributed by atoms with Crippen LogP contribution in [0.2, 0.25) is 0 Å². The first-order valence-electron chi connectivity index (χ1n) is 7.32. The van der Waals surface area contributed by atoms with Gasteiger partial charge in [0.2, 0.25) is 5.95 Å². The number of aromatic nitrogens is 4. The maximum Gasteiger partial charge on any atom is 0.226 e. The molecule has 7 heteroatoms. The average Bonchev–Trinajstić information content (AvgIpc) is 2.83. The molecule has 0 aromatic carbocycles. The van der Waals surface area contributed by atoms with Crippen molar-refractivity contribution in [3.63, 3.8) is 0 Å². The lowest BCUT2D eigenvalue weighted by Gasteiger charge is -2.26. The summed E-state index contributed by atoms with van der Waals surface area (Å²) in [4.78, 5) is 15.9. The second-order valence-electron chi connectivity index (χ2n) is 5.98. The lowest BCUT2D eigenvalue weighted by molar-refractivity contribution is 0.0515. The highest BCUT2D eigenvalue weighted by atomic mass is 16.3. The molecule has 0 saturated heterocycles. The largest absolute Gasteiger partial charge is 0.388 e. The van der Waals surface area contributed by atoms with E-state index < -0.39 is 5.60 Å². The van der Waals surface area contributed by atoms with Crippen LogP contribution in [0, 0.1) is 5.92 Å². The summed E-state index contributed by atoms with van der Waals surface area (Å²) in [5.41, 5.74) is 0.563. The van der Waals surface area contributed by atoms with Gasteiger partial charge < -0.3 is 20.7 Å². The van der Waals surface area contributed by atoms with Crippen molar-refractivity contribution in [2.45, 2.75) is 39.7 Å². The number of aromatic amines is 1. The molecule has 2 heterocycles. The Morgan fingerprint density at radius 2 is 2.10 bits per heavy atom. The molecule has 0 amide bonds. The van der Waals surface area contributed by atoms with Gasteiger partial charge in [-0.2, -0.15) is 9.97 Å². The number of imidazole rings is 1. The van der Waals surface area contributed by atoms with Gasteiger partial charge >= 0.3 is 0 Å². The zero-order valence-electron chi connectivity index (χ0n) is 13.1. The van der Waals surface area contributed by atoms with Gasteiger partial charge in [-0.05, 0) is 26.2 Å². The summed E-state index contributed by atoms with van der Waals surface area (Å²) in [6.45, 7) is 9.16. The first kappa shape index (κ1) is 15.5. The fourth-order valence-corrected chi connectivity index (χ4v) is 2.42. The number of H-pyrrole nitrogens is 1. The summed E-state index contributed by atoms with van der Waals surface area (Å²) in [5.74, 6) is 1.61. The third-order valence-electron chi connectivity index (χ3n) is 3.11. The van der Waals surface area contributed by atoms with Crippen LogP contribution in [0.1, 0.15) is 34.1 Å². The Balaban J connectivity index is 2.18. The third kappa shape index (κ3) is 4.04. The van der Waals surface area contributed by atoms with E-state index in [-0.39, 0.29) is 0 Å². The second kappa shape index (κ2) is 6.26. The zero-order chi connectivity index (χ0) is 15.5. The lowest BCUT2D eigenvalue weighted by atomic mass is 9.94. The van der Waals surface area contributed by atoms with E-state index in [0.29, 0.717) is 29.9 Å². The van der Waals surface area contributed by atoms with Crippen molar-refractivity contribution in [3.8, 4) is 0 Å². The molecular formula is C14H24N6O. The molecule has 0 spiro atoms. The van der Waals surface area contributed by atoms with E-state index in [1.165, 1.54) is 0 Å². The minimum Gasteiger partial charge on any atom is -0.388 e. The van der Waals surface area contributed by atoms with Crippen LogP contribution in [0.4, 0.5) is 11.8 Å². The van der Waals surface area contributed by atoms with E-state index in [4.69, 9.17) is 0 Å². The van der Waals surface area contributed by atoms with E-state index in [1.54, 1.807) is 6.33 Å². The predicted octanol–water partition coefficient (Wildman–Crippen LogP) is 1.99. The van der Waals surface area contributed by atoms with Gasteiger partial charge in [0.15, 0.2) is 11.5 Å². The quantitative estimate of drug-likeness (QED) is 0.623.